The van der Waals surface area contributed by atoms with Crippen molar-refractivity contribution in [2.45, 2.75) is 61.4 Å². The summed E-state index contributed by atoms with van der Waals surface area (Å²) in [6.07, 6.45) is -16.3. The van der Waals surface area contributed by atoms with Gasteiger partial charge in [0.15, 0.2) is 5.43 Å². The molecule has 0 radical (unpaired) electrons. The number of phenols is 1. The summed E-state index contributed by atoms with van der Waals surface area (Å²) >= 11 is 0. The van der Waals surface area contributed by atoms with Crippen molar-refractivity contribution in [1.82, 2.24) is 0 Å². The molecule has 1 aromatic heterocycles. The lowest BCUT2D eigenvalue weighted by atomic mass is 9.99. The quantitative estimate of drug-likeness (QED) is 0.137. The zero-order valence-electron chi connectivity index (χ0n) is 21.7. The van der Waals surface area contributed by atoms with Gasteiger partial charge in [0.25, 0.3) is 0 Å². The van der Waals surface area contributed by atoms with Crippen LogP contribution in [-0.2, 0) is 9.47 Å². The molecule has 5 rings (SSSR count). The van der Waals surface area contributed by atoms with E-state index in [1.165, 1.54) is 30.3 Å². The van der Waals surface area contributed by atoms with Crippen molar-refractivity contribution < 1.29 is 69.3 Å². The number of aliphatic hydroxyl groups is 8. The third-order valence-corrected chi connectivity index (χ3v) is 7.11. The summed E-state index contributed by atoms with van der Waals surface area (Å²) in [5.41, 5.74) is -0.339. The first kappa shape index (κ1) is 30.1. The number of rotatable bonds is 7. The molecule has 0 bridgehead atoms. The lowest BCUT2D eigenvalue weighted by molar-refractivity contribution is -0.278. The number of benzene rings is 2. The van der Waals surface area contributed by atoms with Crippen molar-refractivity contribution in [3.05, 3.63) is 52.7 Å². The van der Waals surface area contributed by atoms with Gasteiger partial charge < -0.3 is 69.3 Å². The molecule has 2 saturated heterocycles. The summed E-state index contributed by atoms with van der Waals surface area (Å²) in [5, 5.41) is 89.9. The number of aliphatic hydroxyl groups excluding tert-OH is 8. The van der Waals surface area contributed by atoms with Crippen LogP contribution in [0.1, 0.15) is 0 Å². The summed E-state index contributed by atoms with van der Waals surface area (Å²) in [6, 6.07) is 9.29. The van der Waals surface area contributed by atoms with Crippen molar-refractivity contribution in [2.75, 3.05) is 13.2 Å². The van der Waals surface area contributed by atoms with E-state index in [2.05, 4.69) is 0 Å². The fraction of sp³-hybridized carbons (Fsp3) is 0.444. The largest absolute Gasteiger partial charge is 0.508 e. The normalized spacial score (nSPS) is 33.4. The summed E-state index contributed by atoms with van der Waals surface area (Å²) in [7, 11) is 0. The molecule has 3 heterocycles. The topological polar surface area (TPSA) is 249 Å². The van der Waals surface area contributed by atoms with Crippen LogP contribution in [0.2, 0.25) is 0 Å². The van der Waals surface area contributed by atoms with Gasteiger partial charge in [0.05, 0.1) is 13.2 Å². The minimum absolute atomic E-state index is 0.0210. The summed E-state index contributed by atoms with van der Waals surface area (Å²) in [5.74, 6) is -0.413. The van der Waals surface area contributed by atoms with Crippen LogP contribution in [0.4, 0.5) is 0 Å². The molecule has 42 heavy (non-hydrogen) atoms. The Bertz CT molecular complexity index is 1440. The number of hydrogen-bond acceptors (Lipinski definition) is 15. The van der Waals surface area contributed by atoms with Crippen LogP contribution in [0.5, 0.6) is 17.2 Å². The Morgan fingerprint density at radius 1 is 0.690 bits per heavy atom. The molecule has 0 amide bonds. The van der Waals surface area contributed by atoms with E-state index in [0.29, 0.717) is 5.56 Å². The first-order chi connectivity index (χ1) is 20.0. The standard InChI is InChI=1S/C27H30O15/c28-8-17-20(32)22(34)24(36)26(41-17)38-12-5-15-19(13(31)7-14(39-15)10-1-3-11(30)4-2-10)16(6-12)40-27-25(37)23(35)21(33)18(9-29)42-27/h1-7,17-18,20-30,32-37H,8-9H2. The molecule has 2 aromatic carbocycles. The van der Waals surface area contributed by atoms with Crippen LogP contribution in [0.25, 0.3) is 22.3 Å². The zero-order chi connectivity index (χ0) is 30.3. The highest BCUT2D eigenvalue weighted by atomic mass is 16.7. The number of phenolic OH excluding ortho intramolecular Hbond substituents is 1. The van der Waals surface area contributed by atoms with Crippen LogP contribution in [0, 0.1) is 0 Å². The van der Waals surface area contributed by atoms with Crippen LogP contribution < -0.4 is 14.9 Å². The molecule has 10 unspecified atom stereocenters. The van der Waals surface area contributed by atoms with Gasteiger partial charge in [-0.05, 0) is 24.3 Å². The maximum atomic E-state index is 13.3. The Morgan fingerprint density at radius 3 is 1.79 bits per heavy atom. The molecule has 0 spiro atoms. The van der Waals surface area contributed by atoms with E-state index in [1.54, 1.807) is 0 Å². The third-order valence-electron chi connectivity index (χ3n) is 7.11. The fourth-order valence-electron chi connectivity index (χ4n) is 4.75. The maximum absolute atomic E-state index is 13.3. The van der Waals surface area contributed by atoms with Gasteiger partial charge >= 0.3 is 0 Å². The Balaban J connectivity index is 1.58. The minimum Gasteiger partial charge on any atom is -0.508 e. The molecule has 3 aromatic rings. The van der Waals surface area contributed by atoms with Crippen LogP contribution in [-0.4, -0.2) is 121 Å². The Labute approximate surface area is 236 Å². The highest BCUT2D eigenvalue weighted by molar-refractivity contribution is 5.86. The van der Waals surface area contributed by atoms with Gasteiger partial charge in [-0.15, -0.1) is 0 Å². The second-order valence-corrected chi connectivity index (χ2v) is 9.95. The third kappa shape index (κ3) is 5.67. The average Bonchev–Trinajstić information content (AvgIpc) is 2.97. The molecule has 15 nitrogen and oxygen atoms in total. The highest BCUT2D eigenvalue weighted by Gasteiger charge is 2.46. The molecular formula is C27H30O15. The monoisotopic (exact) mass is 594 g/mol. The molecular weight excluding hydrogens is 564 g/mol. The number of fused-ring (bicyclic) bond motifs is 1. The van der Waals surface area contributed by atoms with Crippen molar-refractivity contribution in [1.29, 1.82) is 0 Å². The van der Waals surface area contributed by atoms with Crippen LogP contribution >= 0.6 is 0 Å². The summed E-state index contributed by atoms with van der Waals surface area (Å²) in [4.78, 5) is 13.3. The van der Waals surface area contributed by atoms with Crippen molar-refractivity contribution in [3.8, 4) is 28.6 Å². The number of ether oxygens (including phenoxy) is 4. The molecule has 15 heteroatoms. The molecule has 0 aliphatic carbocycles. The second-order valence-electron chi connectivity index (χ2n) is 9.95. The van der Waals surface area contributed by atoms with Gasteiger partial charge in [-0.3, -0.25) is 4.79 Å². The average molecular weight is 595 g/mol. The van der Waals surface area contributed by atoms with E-state index in [0.717, 1.165) is 12.1 Å². The predicted molar refractivity (Wildman–Crippen MR) is 138 cm³/mol. The molecule has 0 saturated carbocycles. The molecule has 2 fully saturated rings. The van der Waals surface area contributed by atoms with Gasteiger partial charge in [-0.2, -0.15) is 0 Å². The fourth-order valence-corrected chi connectivity index (χ4v) is 4.75. The van der Waals surface area contributed by atoms with Crippen molar-refractivity contribution in [2.24, 2.45) is 0 Å². The lowest BCUT2D eigenvalue weighted by Gasteiger charge is -2.40. The highest BCUT2D eigenvalue weighted by Crippen LogP contribution is 2.36. The molecule has 2 aliphatic heterocycles. The molecule has 9 N–H and O–H groups in total. The van der Waals surface area contributed by atoms with E-state index >= 15 is 0 Å². The minimum atomic E-state index is -1.82. The Hall–Kier alpha value is -3.35. The Kier molecular flexibility index (Phi) is 8.68. The number of aromatic hydroxyl groups is 1. The first-order valence-corrected chi connectivity index (χ1v) is 12.9. The zero-order valence-corrected chi connectivity index (χ0v) is 21.7. The van der Waals surface area contributed by atoms with Gasteiger partial charge in [-0.1, -0.05) is 0 Å². The van der Waals surface area contributed by atoms with E-state index in [4.69, 9.17) is 23.4 Å². The molecule has 10 atom stereocenters. The lowest BCUT2D eigenvalue weighted by Crippen LogP contribution is -2.60. The smallest absolute Gasteiger partial charge is 0.229 e. The van der Waals surface area contributed by atoms with E-state index in [1.807, 2.05) is 0 Å². The summed E-state index contributed by atoms with van der Waals surface area (Å²) < 4.78 is 28.2. The predicted octanol–water partition coefficient (Wildman–Crippen LogP) is -2.48. The Morgan fingerprint density at radius 2 is 1.24 bits per heavy atom. The van der Waals surface area contributed by atoms with Crippen molar-refractivity contribution in [3.63, 3.8) is 0 Å². The SMILES string of the molecule is O=c1cc(-c2ccc(O)cc2)oc2cc(OC3OC(CO)C(O)C(O)C3O)cc(OC3OC(CO)C(O)C(O)C3O)c12. The van der Waals surface area contributed by atoms with Crippen molar-refractivity contribution >= 4 is 11.0 Å². The van der Waals surface area contributed by atoms with Crippen LogP contribution in [0.15, 0.2) is 51.7 Å². The van der Waals surface area contributed by atoms with Gasteiger partial charge in [-0.25, -0.2) is 0 Å². The van der Waals surface area contributed by atoms with Gasteiger partial charge in [0, 0.05) is 23.8 Å². The first-order valence-electron chi connectivity index (χ1n) is 12.9. The van der Waals surface area contributed by atoms with E-state index < -0.39 is 80.1 Å². The maximum Gasteiger partial charge on any atom is 0.229 e. The molecule has 2 aliphatic rings. The van der Waals surface area contributed by atoms with Gasteiger partial charge in [0.2, 0.25) is 12.6 Å². The molecule has 228 valence electrons. The van der Waals surface area contributed by atoms with Gasteiger partial charge in [0.1, 0.15) is 82.8 Å². The van der Waals surface area contributed by atoms with Crippen LogP contribution in [0.3, 0.4) is 0 Å². The van der Waals surface area contributed by atoms with E-state index in [-0.39, 0.29) is 34.0 Å². The number of hydrogen-bond donors (Lipinski definition) is 9. The van der Waals surface area contributed by atoms with E-state index in [9.17, 15) is 50.8 Å². The summed E-state index contributed by atoms with van der Waals surface area (Å²) in [6.45, 7) is -1.44. The second kappa shape index (κ2) is 12.1.